The first kappa shape index (κ1) is 16.2. The lowest BCUT2D eigenvalue weighted by Gasteiger charge is -2.26. The minimum Gasteiger partial charge on any atom is -0.497 e. The van der Waals surface area contributed by atoms with Gasteiger partial charge in [-0.05, 0) is 35.1 Å². The zero-order valence-electron chi connectivity index (χ0n) is 12.4. The number of ketones is 1. The van der Waals surface area contributed by atoms with Crippen LogP contribution in [0, 0.1) is 11.3 Å². The Labute approximate surface area is 124 Å². The number of ether oxygens (including phenoxy) is 1. The Balaban J connectivity index is 2.72. The van der Waals surface area contributed by atoms with Crippen molar-refractivity contribution in [1.82, 2.24) is 0 Å². The van der Waals surface area contributed by atoms with Crippen molar-refractivity contribution in [3.63, 3.8) is 0 Å². The molecule has 0 radical (unpaired) electrons. The molecule has 3 heteroatoms. The average molecular weight is 327 g/mol. The van der Waals surface area contributed by atoms with E-state index in [-0.39, 0.29) is 11.2 Å². The second-order valence-corrected chi connectivity index (χ2v) is 7.00. The first-order valence-electron chi connectivity index (χ1n) is 6.58. The van der Waals surface area contributed by atoms with Gasteiger partial charge >= 0.3 is 0 Å². The standard InChI is InChI=1S/C16H23BrO2/c1-11(16(2,3)4)8-13(18)9-12-10-14(19-5)6-7-15(12)17/h6-7,10-11H,8-9H2,1-5H3. The number of hydrogen-bond donors (Lipinski definition) is 0. The van der Waals surface area contributed by atoms with Crippen LogP contribution in [0.15, 0.2) is 22.7 Å². The normalized spacial score (nSPS) is 13.2. The second-order valence-electron chi connectivity index (χ2n) is 6.14. The quantitative estimate of drug-likeness (QED) is 0.787. The Morgan fingerprint density at radius 3 is 2.53 bits per heavy atom. The molecule has 0 fully saturated rings. The van der Waals surface area contributed by atoms with Gasteiger partial charge in [-0.15, -0.1) is 0 Å². The number of carbonyl (C=O) groups is 1. The fraction of sp³-hybridized carbons (Fsp3) is 0.562. The van der Waals surface area contributed by atoms with Crippen LogP contribution in [0.2, 0.25) is 0 Å². The van der Waals surface area contributed by atoms with Gasteiger partial charge in [0.1, 0.15) is 11.5 Å². The minimum absolute atomic E-state index is 0.168. The van der Waals surface area contributed by atoms with Crippen molar-refractivity contribution in [1.29, 1.82) is 0 Å². The highest BCUT2D eigenvalue weighted by Gasteiger charge is 2.22. The smallest absolute Gasteiger partial charge is 0.137 e. The van der Waals surface area contributed by atoms with E-state index >= 15 is 0 Å². The molecule has 0 aliphatic rings. The summed E-state index contributed by atoms with van der Waals surface area (Å²) >= 11 is 3.49. The molecule has 1 unspecified atom stereocenters. The lowest BCUT2D eigenvalue weighted by molar-refractivity contribution is -0.120. The molecule has 0 N–H and O–H groups in total. The van der Waals surface area contributed by atoms with Crippen LogP contribution in [-0.2, 0) is 11.2 Å². The van der Waals surface area contributed by atoms with Crippen LogP contribution in [0.25, 0.3) is 0 Å². The largest absolute Gasteiger partial charge is 0.497 e. The van der Waals surface area contributed by atoms with E-state index in [2.05, 4.69) is 43.6 Å². The van der Waals surface area contributed by atoms with Crippen LogP contribution in [-0.4, -0.2) is 12.9 Å². The van der Waals surface area contributed by atoms with Gasteiger partial charge in [0.15, 0.2) is 0 Å². The van der Waals surface area contributed by atoms with Crippen LogP contribution >= 0.6 is 15.9 Å². The summed E-state index contributed by atoms with van der Waals surface area (Å²) in [5.74, 6) is 1.44. The molecule has 1 rings (SSSR count). The molecule has 0 spiro atoms. The summed E-state index contributed by atoms with van der Waals surface area (Å²) in [6.45, 7) is 8.66. The maximum Gasteiger partial charge on any atom is 0.137 e. The Kier molecular flexibility index (Phi) is 5.60. The molecular weight excluding hydrogens is 304 g/mol. The summed E-state index contributed by atoms with van der Waals surface area (Å²) in [6, 6.07) is 5.73. The molecule has 1 atom stereocenters. The van der Waals surface area contributed by atoms with Crippen molar-refractivity contribution in [3.05, 3.63) is 28.2 Å². The van der Waals surface area contributed by atoms with Gasteiger partial charge in [0, 0.05) is 17.3 Å². The summed E-state index contributed by atoms with van der Waals surface area (Å²) in [4.78, 5) is 12.2. The van der Waals surface area contributed by atoms with Gasteiger partial charge in [0.25, 0.3) is 0 Å². The van der Waals surface area contributed by atoms with E-state index < -0.39 is 0 Å². The topological polar surface area (TPSA) is 26.3 Å². The number of carbonyl (C=O) groups excluding carboxylic acids is 1. The van der Waals surface area contributed by atoms with Crippen molar-refractivity contribution < 1.29 is 9.53 Å². The van der Waals surface area contributed by atoms with Gasteiger partial charge in [-0.3, -0.25) is 4.79 Å². The van der Waals surface area contributed by atoms with Crippen molar-refractivity contribution in [2.75, 3.05) is 7.11 Å². The molecule has 0 saturated carbocycles. The molecule has 0 amide bonds. The third-order valence-corrected chi connectivity index (χ3v) is 4.43. The molecule has 0 saturated heterocycles. The summed E-state index contributed by atoms with van der Waals surface area (Å²) in [6.07, 6.45) is 1.07. The van der Waals surface area contributed by atoms with E-state index in [4.69, 9.17) is 4.74 Å². The Morgan fingerprint density at radius 2 is 2.00 bits per heavy atom. The number of benzene rings is 1. The average Bonchev–Trinajstić information content (AvgIpc) is 2.30. The highest BCUT2D eigenvalue weighted by atomic mass is 79.9. The van der Waals surface area contributed by atoms with Crippen molar-refractivity contribution >= 4 is 21.7 Å². The lowest BCUT2D eigenvalue weighted by atomic mass is 9.79. The van der Waals surface area contributed by atoms with Gasteiger partial charge in [-0.1, -0.05) is 43.6 Å². The molecule has 0 aliphatic carbocycles. The minimum atomic E-state index is 0.168. The molecule has 2 nitrogen and oxygen atoms in total. The maximum atomic E-state index is 12.2. The van der Waals surface area contributed by atoms with Crippen LogP contribution in [0.4, 0.5) is 0 Å². The highest BCUT2D eigenvalue weighted by molar-refractivity contribution is 9.10. The van der Waals surface area contributed by atoms with E-state index in [0.29, 0.717) is 18.8 Å². The zero-order chi connectivity index (χ0) is 14.6. The van der Waals surface area contributed by atoms with Crippen LogP contribution in [0.5, 0.6) is 5.75 Å². The van der Waals surface area contributed by atoms with Gasteiger partial charge in [-0.25, -0.2) is 0 Å². The summed E-state index contributed by atoms with van der Waals surface area (Å²) in [5.41, 5.74) is 1.16. The zero-order valence-corrected chi connectivity index (χ0v) is 14.0. The summed E-state index contributed by atoms with van der Waals surface area (Å²) in [5, 5.41) is 0. The van der Waals surface area contributed by atoms with Gasteiger partial charge in [-0.2, -0.15) is 0 Å². The molecule has 0 heterocycles. The van der Waals surface area contributed by atoms with E-state index in [1.165, 1.54) is 0 Å². The van der Waals surface area contributed by atoms with E-state index in [0.717, 1.165) is 15.8 Å². The van der Waals surface area contributed by atoms with Crippen molar-refractivity contribution in [2.24, 2.45) is 11.3 Å². The molecular formula is C16H23BrO2. The molecule has 0 aromatic heterocycles. The van der Waals surface area contributed by atoms with E-state index in [1.807, 2.05) is 18.2 Å². The number of Topliss-reactive ketones (excluding diaryl/α,β-unsaturated/α-hetero) is 1. The molecule has 1 aromatic carbocycles. The number of methoxy groups -OCH3 is 1. The highest BCUT2D eigenvalue weighted by Crippen LogP contribution is 2.29. The van der Waals surface area contributed by atoms with Gasteiger partial charge in [0.05, 0.1) is 7.11 Å². The monoisotopic (exact) mass is 326 g/mol. The van der Waals surface area contributed by atoms with Crippen molar-refractivity contribution in [2.45, 2.75) is 40.5 Å². The SMILES string of the molecule is COc1ccc(Br)c(CC(=O)CC(C)C(C)(C)C)c1. The predicted octanol–water partition coefficient (Wildman–Crippen LogP) is 4.64. The molecule has 106 valence electrons. The Hall–Kier alpha value is -0.830. The lowest BCUT2D eigenvalue weighted by Crippen LogP contribution is -2.21. The van der Waals surface area contributed by atoms with E-state index in [1.54, 1.807) is 7.11 Å². The summed E-state index contributed by atoms with van der Waals surface area (Å²) in [7, 11) is 1.64. The predicted molar refractivity (Wildman–Crippen MR) is 82.6 cm³/mol. The molecule has 0 bridgehead atoms. The van der Waals surface area contributed by atoms with Crippen LogP contribution in [0.3, 0.4) is 0 Å². The molecule has 0 aliphatic heterocycles. The fourth-order valence-electron chi connectivity index (χ4n) is 1.75. The third-order valence-electron chi connectivity index (χ3n) is 3.65. The third kappa shape index (κ3) is 4.98. The Morgan fingerprint density at radius 1 is 1.37 bits per heavy atom. The number of rotatable bonds is 5. The number of halogens is 1. The second kappa shape index (κ2) is 6.56. The molecule has 1 aromatic rings. The first-order valence-corrected chi connectivity index (χ1v) is 7.37. The first-order chi connectivity index (χ1) is 8.74. The van der Waals surface area contributed by atoms with E-state index in [9.17, 15) is 4.79 Å². The van der Waals surface area contributed by atoms with Crippen LogP contribution < -0.4 is 4.74 Å². The van der Waals surface area contributed by atoms with Crippen LogP contribution in [0.1, 0.15) is 39.7 Å². The van der Waals surface area contributed by atoms with Crippen molar-refractivity contribution in [3.8, 4) is 5.75 Å². The molecule has 19 heavy (non-hydrogen) atoms. The summed E-state index contributed by atoms with van der Waals surface area (Å²) < 4.78 is 6.16. The fourth-order valence-corrected chi connectivity index (χ4v) is 2.13. The maximum absolute atomic E-state index is 12.2. The van der Waals surface area contributed by atoms with Gasteiger partial charge < -0.3 is 4.74 Å². The Bertz CT molecular complexity index is 447. The number of hydrogen-bond acceptors (Lipinski definition) is 2. The van der Waals surface area contributed by atoms with Gasteiger partial charge in [0.2, 0.25) is 0 Å².